The van der Waals surface area contributed by atoms with Gasteiger partial charge in [-0.15, -0.1) is 0 Å². The molecule has 0 atom stereocenters. The average Bonchev–Trinajstić information content (AvgIpc) is 3.25. The van der Waals surface area contributed by atoms with E-state index in [-0.39, 0.29) is 0 Å². The third kappa shape index (κ3) is 4.39. The second kappa shape index (κ2) is 9.81. The molecule has 1 N–H and O–H groups in total. The zero-order valence-corrected chi connectivity index (χ0v) is 21.2. The summed E-state index contributed by atoms with van der Waals surface area (Å²) in [5.74, 6) is 1.06. The van der Waals surface area contributed by atoms with Gasteiger partial charge in [-0.05, 0) is 58.7 Å². The van der Waals surface area contributed by atoms with Crippen molar-refractivity contribution in [3.63, 3.8) is 0 Å². The smallest absolute Gasteiger partial charge is 0.128 e. The number of benzene rings is 3. The fraction of sp³-hybridized carbons (Fsp3) is 0.194. The molecule has 5 heteroatoms. The van der Waals surface area contributed by atoms with Gasteiger partial charge in [0.1, 0.15) is 5.82 Å². The fourth-order valence-corrected chi connectivity index (χ4v) is 5.53. The summed E-state index contributed by atoms with van der Waals surface area (Å²) in [5.41, 5.74) is 7.47. The van der Waals surface area contributed by atoms with E-state index in [9.17, 15) is 0 Å². The zero-order valence-electron chi connectivity index (χ0n) is 20.4. The lowest BCUT2D eigenvalue weighted by atomic mass is 9.93. The molecule has 0 unspecified atom stereocenters. The van der Waals surface area contributed by atoms with E-state index in [4.69, 9.17) is 11.6 Å². The van der Waals surface area contributed by atoms with E-state index in [0.717, 1.165) is 49.1 Å². The predicted octanol–water partition coefficient (Wildman–Crippen LogP) is 7.18. The third-order valence-corrected chi connectivity index (χ3v) is 7.46. The molecule has 180 valence electrons. The van der Waals surface area contributed by atoms with Crippen LogP contribution in [0.4, 0.5) is 5.82 Å². The van der Waals surface area contributed by atoms with Gasteiger partial charge in [-0.3, -0.25) is 4.90 Å². The van der Waals surface area contributed by atoms with E-state index >= 15 is 0 Å². The molecule has 2 aromatic heterocycles. The van der Waals surface area contributed by atoms with Gasteiger partial charge < -0.3 is 9.88 Å². The molecule has 0 saturated carbocycles. The number of rotatable bonds is 5. The number of H-pyrrole nitrogens is 1. The summed E-state index contributed by atoms with van der Waals surface area (Å²) in [4.78, 5) is 13.2. The predicted molar refractivity (Wildman–Crippen MR) is 151 cm³/mol. The van der Waals surface area contributed by atoms with Gasteiger partial charge in [0.2, 0.25) is 0 Å². The van der Waals surface area contributed by atoms with E-state index in [1.165, 1.54) is 38.9 Å². The van der Waals surface area contributed by atoms with Crippen molar-refractivity contribution in [2.24, 2.45) is 0 Å². The highest BCUT2D eigenvalue weighted by Crippen LogP contribution is 2.39. The largest absolute Gasteiger partial charge is 0.358 e. The standard InChI is InChI=1S/C31H29ClN4/c1-22-30(27-10-6-8-23-7-2-3-9-26(23)27)28(31(34-22)24-12-14-25(32)15-13-24)21-35-17-19-36(20-18-35)29-11-4-5-16-33-29/h2-16,34H,17-21H2,1H3. The summed E-state index contributed by atoms with van der Waals surface area (Å²) in [6, 6.07) is 29.6. The lowest BCUT2D eigenvalue weighted by Gasteiger charge is -2.35. The van der Waals surface area contributed by atoms with Crippen LogP contribution in [0, 0.1) is 6.92 Å². The Morgan fingerprint density at radius 3 is 2.36 bits per heavy atom. The minimum atomic E-state index is 0.753. The maximum atomic E-state index is 6.23. The average molecular weight is 493 g/mol. The summed E-state index contributed by atoms with van der Waals surface area (Å²) in [5, 5.41) is 3.30. The number of pyridine rings is 1. The van der Waals surface area contributed by atoms with Crippen molar-refractivity contribution < 1.29 is 0 Å². The molecule has 0 radical (unpaired) electrons. The van der Waals surface area contributed by atoms with E-state index in [2.05, 4.69) is 93.4 Å². The normalized spacial score (nSPS) is 14.4. The van der Waals surface area contributed by atoms with Crippen LogP contribution in [-0.2, 0) is 6.54 Å². The molecule has 3 aromatic carbocycles. The summed E-state index contributed by atoms with van der Waals surface area (Å²) in [7, 11) is 0. The van der Waals surface area contributed by atoms with Crippen molar-refractivity contribution in [1.82, 2.24) is 14.9 Å². The van der Waals surface area contributed by atoms with Crippen molar-refractivity contribution in [3.05, 3.63) is 107 Å². The van der Waals surface area contributed by atoms with Gasteiger partial charge >= 0.3 is 0 Å². The maximum Gasteiger partial charge on any atom is 0.128 e. The van der Waals surface area contributed by atoms with Gasteiger partial charge in [0.15, 0.2) is 0 Å². The van der Waals surface area contributed by atoms with Crippen LogP contribution in [0.25, 0.3) is 33.2 Å². The molecule has 0 amide bonds. The van der Waals surface area contributed by atoms with E-state index in [1.54, 1.807) is 0 Å². The molecule has 5 aromatic rings. The van der Waals surface area contributed by atoms with E-state index in [1.807, 2.05) is 24.4 Å². The molecule has 4 nitrogen and oxygen atoms in total. The minimum Gasteiger partial charge on any atom is -0.358 e. The monoisotopic (exact) mass is 492 g/mol. The lowest BCUT2D eigenvalue weighted by molar-refractivity contribution is 0.250. The van der Waals surface area contributed by atoms with Crippen molar-refractivity contribution >= 4 is 28.2 Å². The number of anilines is 1. The molecule has 1 aliphatic rings. The Balaban J connectivity index is 1.39. The van der Waals surface area contributed by atoms with Gasteiger partial charge in [-0.25, -0.2) is 4.98 Å². The number of fused-ring (bicyclic) bond motifs is 1. The van der Waals surface area contributed by atoms with E-state index in [0.29, 0.717) is 0 Å². The summed E-state index contributed by atoms with van der Waals surface area (Å²) < 4.78 is 0. The molecule has 0 aliphatic carbocycles. The number of nitrogens with zero attached hydrogens (tertiary/aromatic N) is 3. The molecule has 0 spiro atoms. The second-order valence-corrected chi connectivity index (χ2v) is 9.90. The van der Waals surface area contributed by atoms with Gasteiger partial charge in [-0.2, -0.15) is 0 Å². The van der Waals surface area contributed by atoms with Crippen LogP contribution in [0.3, 0.4) is 0 Å². The van der Waals surface area contributed by atoms with E-state index < -0.39 is 0 Å². The maximum absolute atomic E-state index is 6.23. The Labute approximate surface area is 217 Å². The minimum absolute atomic E-state index is 0.753. The number of hydrogen-bond donors (Lipinski definition) is 1. The van der Waals surface area contributed by atoms with Crippen LogP contribution in [-0.4, -0.2) is 41.0 Å². The Hall–Kier alpha value is -3.60. The van der Waals surface area contributed by atoms with Gasteiger partial charge in [-0.1, -0.05) is 72.3 Å². The van der Waals surface area contributed by atoms with Crippen LogP contribution in [0.2, 0.25) is 5.02 Å². The molecule has 36 heavy (non-hydrogen) atoms. The number of hydrogen-bond acceptors (Lipinski definition) is 3. The summed E-state index contributed by atoms with van der Waals surface area (Å²) in [6.45, 7) is 7.02. The third-order valence-electron chi connectivity index (χ3n) is 7.21. The molecule has 0 bridgehead atoms. The highest BCUT2D eigenvalue weighted by atomic mass is 35.5. The molecular weight excluding hydrogens is 464 g/mol. The SMILES string of the molecule is Cc1[nH]c(-c2ccc(Cl)cc2)c(CN2CCN(c3ccccn3)CC2)c1-c1cccc2ccccc12. The number of aryl methyl sites for hydroxylation is 1. The Kier molecular flexibility index (Phi) is 6.22. The number of nitrogens with one attached hydrogen (secondary N) is 1. The number of aromatic amines is 1. The highest BCUT2D eigenvalue weighted by Gasteiger charge is 2.24. The first kappa shape index (κ1) is 22.8. The molecule has 1 saturated heterocycles. The number of halogens is 1. The molecule has 1 fully saturated rings. The second-order valence-electron chi connectivity index (χ2n) is 9.46. The molecule has 1 aliphatic heterocycles. The van der Waals surface area contributed by atoms with Crippen LogP contribution >= 0.6 is 11.6 Å². The number of aromatic nitrogens is 2. The fourth-order valence-electron chi connectivity index (χ4n) is 5.41. The first-order valence-electron chi connectivity index (χ1n) is 12.5. The molecule has 6 rings (SSSR count). The first-order valence-corrected chi connectivity index (χ1v) is 12.9. The topological polar surface area (TPSA) is 35.2 Å². The van der Waals surface area contributed by atoms with Crippen LogP contribution in [0.1, 0.15) is 11.3 Å². The highest BCUT2D eigenvalue weighted by molar-refractivity contribution is 6.30. The quantitative estimate of drug-likeness (QED) is 0.282. The van der Waals surface area contributed by atoms with Gasteiger partial charge in [0, 0.05) is 55.2 Å². The number of piperazine rings is 1. The van der Waals surface area contributed by atoms with Crippen LogP contribution < -0.4 is 4.90 Å². The van der Waals surface area contributed by atoms with Crippen LogP contribution in [0.15, 0.2) is 91.1 Å². The van der Waals surface area contributed by atoms with Crippen molar-refractivity contribution in [3.8, 4) is 22.4 Å². The Morgan fingerprint density at radius 2 is 1.58 bits per heavy atom. The Morgan fingerprint density at radius 1 is 0.833 bits per heavy atom. The molecular formula is C31H29ClN4. The summed E-state index contributed by atoms with van der Waals surface area (Å²) in [6.07, 6.45) is 1.87. The summed E-state index contributed by atoms with van der Waals surface area (Å²) >= 11 is 6.23. The van der Waals surface area contributed by atoms with Crippen LogP contribution in [0.5, 0.6) is 0 Å². The lowest BCUT2D eigenvalue weighted by Crippen LogP contribution is -2.46. The van der Waals surface area contributed by atoms with Crippen molar-refractivity contribution in [2.45, 2.75) is 13.5 Å². The van der Waals surface area contributed by atoms with Gasteiger partial charge in [0.25, 0.3) is 0 Å². The zero-order chi connectivity index (χ0) is 24.5. The van der Waals surface area contributed by atoms with Crippen molar-refractivity contribution in [2.75, 3.05) is 31.1 Å². The molecule has 3 heterocycles. The van der Waals surface area contributed by atoms with Gasteiger partial charge in [0.05, 0.1) is 5.69 Å². The Bertz CT molecular complexity index is 1480. The van der Waals surface area contributed by atoms with Crippen molar-refractivity contribution in [1.29, 1.82) is 0 Å². The first-order chi connectivity index (χ1) is 17.7.